The first kappa shape index (κ1) is 22.3. The molecule has 4 rings (SSSR count). The summed E-state index contributed by atoms with van der Waals surface area (Å²) in [4.78, 5) is 29.5. The van der Waals surface area contributed by atoms with Crippen molar-refractivity contribution < 1.29 is 9.59 Å². The smallest absolute Gasteiger partial charge is 0.251 e. The van der Waals surface area contributed by atoms with Gasteiger partial charge in [-0.3, -0.25) is 14.5 Å². The molecule has 1 heterocycles. The van der Waals surface area contributed by atoms with Crippen LogP contribution in [0, 0.1) is 5.92 Å². The van der Waals surface area contributed by atoms with Crippen LogP contribution in [0.2, 0.25) is 0 Å². The van der Waals surface area contributed by atoms with Crippen LogP contribution in [0.4, 0.5) is 11.4 Å². The molecule has 170 valence electrons. The molecule has 1 aliphatic carbocycles. The van der Waals surface area contributed by atoms with Crippen LogP contribution in [-0.2, 0) is 4.79 Å². The summed E-state index contributed by atoms with van der Waals surface area (Å²) < 4.78 is 0. The van der Waals surface area contributed by atoms with Gasteiger partial charge in [-0.1, -0.05) is 12.1 Å². The summed E-state index contributed by atoms with van der Waals surface area (Å²) in [6.45, 7) is 10.6. The molecule has 0 bridgehead atoms. The highest BCUT2D eigenvalue weighted by Gasteiger charge is 2.29. The molecular weight excluding hydrogens is 400 g/mol. The molecule has 2 fully saturated rings. The quantitative estimate of drug-likeness (QED) is 0.690. The molecule has 0 spiro atoms. The summed E-state index contributed by atoms with van der Waals surface area (Å²) in [7, 11) is 0. The third-order valence-corrected chi connectivity index (χ3v) is 6.51. The lowest BCUT2D eigenvalue weighted by Crippen LogP contribution is -2.48. The summed E-state index contributed by atoms with van der Waals surface area (Å²) in [6, 6.07) is 16.1. The third-order valence-electron chi connectivity index (χ3n) is 6.51. The number of hydrogen-bond donors (Lipinski definition) is 2. The molecule has 2 aromatic carbocycles. The maximum atomic E-state index is 12.7. The van der Waals surface area contributed by atoms with E-state index >= 15 is 0 Å². The Morgan fingerprint density at radius 2 is 1.50 bits per heavy atom. The predicted octanol–water partition coefficient (Wildman–Crippen LogP) is 4.06. The molecule has 1 saturated heterocycles. The Hall–Kier alpha value is -2.86. The molecule has 0 radical (unpaired) electrons. The maximum Gasteiger partial charge on any atom is 0.251 e. The second-order valence-electron chi connectivity index (χ2n) is 9.24. The lowest BCUT2D eigenvalue weighted by atomic mass is 10.1. The van der Waals surface area contributed by atoms with E-state index in [1.54, 1.807) is 0 Å². The Morgan fingerprint density at radius 3 is 2.06 bits per heavy atom. The number of amides is 2. The monoisotopic (exact) mass is 434 g/mol. The van der Waals surface area contributed by atoms with E-state index in [4.69, 9.17) is 0 Å². The standard InChI is InChI=1S/C26H34N4O2/c1-18(2)29-14-16-30(17-15-29)24-12-8-22(9-13-24)25(31)27-19(3)20-6-10-23(11-7-20)28-26(32)21-4-5-21/h6-13,18-19,21H,4-5,14-17H2,1-3H3,(H,27,31)(H,28,32). The number of benzene rings is 2. The zero-order valence-corrected chi connectivity index (χ0v) is 19.3. The van der Waals surface area contributed by atoms with Gasteiger partial charge in [0.1, 0.15) is 0 Å². The van der Waals surface area contributed by atoms with E-state index in [9.17, 15) is 9.59 Å². The molecule has 0 aromatic heterocycles. The van der Waals surface area contributed by atoms with E-state index < -0.39 is 0 Å². The Labute approximate surface area is 191 Å². The van der Waals surface area contributed by atoms with Crippen LogP contribution in [0.15, 0.2) is 48.5 Å². The third kappa shape index (κ3) is 5.49. The molecule has 6 nitrogen and oxygen atoms in total. The Bertz CT molecular complexity index is 927. The van der Waals surface area contributed by atoms with E-state index in [2.05, 4.69) is 34.3 Å². The zero-order chi connectivity index (χ0) is 22.7. The lowest BCUT2D eigenvalue weighted by Gasteiger charge is -2.38. The van der Waals surface area contributed by atoms with Crippen molar-refractivity contribution in [1.29, 1.82) is 0 Å². The van der Waals surface area contributed by atoms with Crippen molar-refractivity contribution in [3.63, 3.8) is 0 Å². The van der Waals surface area contributed by atoms with Gasteiger partial charge in [0, 0.05) is 55.1 Å². The molecule has 1 aliphatic heterocycles. The van der Waals surface area contributed by atoms with Crippen LogP contribution < -0.4 is 15.5 Å². The van der Waals surface area contributed by atoms with Gasteiger partial charge >= 0.3 is 0 Å². The molecule has 2 aromatic rings. The minimum atomic E-state index is -0.125. The first-order chi connectivity index (χ1) is 15.4. The average molecular weight is 435 g/mol. The lowest BCUT2D eigenvalue weighted by molar-refractivity contribution is -0.117. The average Bonchev–Trinajstić information content (AvgIpc) is 3.65. The fourth-order valence-electron chi connectivity index (χ4n) is 4.13. The van der Waals surface area contributed by atoms with E-state index in [0.717, 1.165) is 50.3 Å². The fourth-order valence-corrected chi connectivity index (χ4v) is 4.13. The Balaban J connectivity index is 1.30. The maximum absolute atomic E-state index is 12.7. The molecule has 1 unspecified atom stereocenters. The largest absolute Gasteiger partial charge is 0.369 e. The Morgan fingerprint density at radius 1 is 0.875 bits per heavy atom. The highest BCUT2D eigenvalue weighted by Crippen LogP contribution is 2.30. The number of rotatable bonds is 7. The van der Waals surface area contributed by atoms with Gasteiger partial charge in [0.05, 0.1) is 6.04 Å². The van der Waals surface area contributed by atoms with Crippen LogP contribution >= 0.6 is 0 Å². The van der Waals surface area contributed by atoms with Gasteiger partial charge in [0.2, 0.25) is 5.91 Å². The summed E-state index contributed by atoms with van der Waals surface area (Å²) in [5.41, 5.74) is 3.63. The summed E-state index contributed by atoms with van der Waals surface area (Å²) in [6.07, 6.45) is 1.98. The molecule has 6 heteroatoms. The number of hydrogen-bond acceptors (Lipinski definition) is 4. The number of carbonyl (C=O) groups is 2. The molecule has 1 saturated carbocycles. The fraction of sp³-hybridized carbons (Fsp3) is 0.462. The SMILES string of the molecule is CC(NC(=O)c1ccc(N2CCN(C(C)C)CC2)cc1)c1ccc(NC(=O)C2CC2)cc1. The van der Waals surface area contributed by atoms with Crippen molar-refractivity contribution in [3.05, 3.63) is 59.7 Å². The topological polar surface area (TPSA) is 64.7 Å². The normalized spacial score (nSPS) is 17.8. The van der Waals surface area contributed by atoms with Gasteiger partial charge in [-0.2, -0.15) is 0 Å². The first-order valence-electron chi connectivity index (χ1n) is 11.7. The van der Waals surface area contributed by atoms with Crippen molar-refractivity contribution in [2.24, 2.45) is 5.92 Å². The minimum absolute atomic E-state index is 0.0835. The zero-order valence-electron chi connectivity index (χ0n) is 19.3. The molecule has 2 N–H and O–H groups in total. The molecule has 32 heavy (non-hydrogen) atoms. The number of nitrogens with zero attached hydrogens (tertiary/aromatic N) is 2. The number of piperazine rings is 1. The highest BCUT2D eigenvalue weighted by atomic mass is 16.2. The van der Waals surface area contributed by atoms with E-state index in [0.29, 0.717) is 11.6 Å². The summed E-state index contributed by atoms with van der Waals surface area (Å²) in [5.74, 6) is 0.202. The molecule has 2 amide bonds. The summed E-state index contributed by atoms with van der Waals surface area (Å²) >= 11 is 0. The van der Waals surface area contributed by atoms with E-state index in [1.807, 2.05) is 55.5 Å². The van der Waals surface area contributed by atoms with Gasteiger partial charge in [0.25, 0.3) is 5.91 Å². The van der Waals surface area contributed by atoms with E-state index in [1.165, 1.54) is 5.69 Å². The van der Waals surface area contributed by atoms with Crippen LogP contribution in [0.5, 0.6) is 0 Å². The second-order valence-corrected chi connectivity index (χ2v) is 9.24. The molecule has 2 aliphatic rings. The highest BCUT2D eigenvalue weighted by molar-refractivity contribution is 5.95. The van der Waals surface area contributed by atoms with Crippen LogP contribution in [0.1, 0.15) is 55.6 Å². The van der Waals surface area contributed by atoms with Crippen molar-refractivity contribution >= 4 is 23.2 Å². The number of carbonyl (C=O) groups excluding carboxylic acids is 2. The van der Waals surface area contributed by atoms with Crippen LogP contribution in [0.25, 0.3) is 0 Å². The number of nitrogens with one attached hydrogen (secondary N) is 2. The van der Waals surface area contributed by atoms with Crippen molar-refractivity contribution in [3.8, 4) is 0 Å². The summed E-state index contributed by atoms with van der Waals surface area (Å²) in [5, 5.41) is 6.02. The molecule has 1 atom stereocenters. The van der Waals surface area contributed by atoms with Crippen LogP contribution in [0.3, 0.4) is 0 Å². The first-order valence-corrected chi connectivity index (χ1v) is 11.7. The molecular formula is C26H34N4O2. The van der Waals surface area contributed by atoms with Crippen molar-refractivity contribution in [1.82, 2.24) is 10.2 Å². The van der Waals surface area contributed by atoms with Crippen molar-refractivity contribution in [2.45, 2.75) is 45.7 Å². The van der Waals surface area contributed by atoms with Gasteiger partial charge < -0.3 is 15.5 Å². The van der Waals surface area contributed by atoms with Crippen LogP contribution in [-0.4, -0.2) is 48.9 Å². The van der Waals surface area contributed by atoms with Gasteiger partial charge in [0.15, 0.2) is 0 Å². The van der Waals surface area contributed by atoms with Gasteiger partial charge in [-0.15, -0.1) is 0 Å². The van der Waals surface area contributed by atoms with E-state index in [-0.39, 0.29) is 23.8 Å². The van der Waals surface area contributed by atoms with Gasteiger partial charge in [-0.05, 0) is 75.6 Å². The Kier molecular flexibility index (Phi) is 6.80. The van der Waals surface area contributed by atoms with Gasteiger partial charge in [-0.25, -0.2) is 0 Å². The second kappa shape index (κ2) is 9.74. The number of anilines is 2. The predicted molar refractivity (Wildman–Crippen MR) is 129 cm³/mol. The minimum Gasteiger partial charge on any atom is -0.369 e. The van der Waals surface area contributed by atoms with Crippen molar-refractivity contribution in [2.75, 3.05) is 36.4 Å².